The molecule has 2 aliphatic heterocycles. The molecular weight excluding hydrogens is 415 g/mol. The fourth-order valence-corrected chi connectivity index (χ4v) is 4.14. The summed E-state index contributed by atoms with van der Waals surface area (Å²) in [4.78, 5) is 32.3. The van der Waals surface area contributed by atoms with Gasteiger partial charge in [0.25, 0.3) is 11.8 Å². The summed E-state index contributed by atoms with van der Waals surface area (Å²) in [5.74, 6) is -0.308. The van der Waals surface area contributed by atoms with Crippen LogP contribution in [0, 0.1) is 5.82 Å². The van der Waals surface area contributed by atoms with Crippen molar-refractivity contribution >= 4 is 28.5 Å². The second-order valence-corrected chi connectivity index (χ2v) is 7.50. The summed E-state index contributed by atoms with van der Waals surface area (Å²) in [6.07, 6.45) is 1.39. The van der Waals surface area contributed by atoms with Gasteiger partial charge in [-0.05, 0) is 36.4 Å². The summed E-state index contributed by atoms with van der Waals surface area (Å²) >= 11 is 0. The van der Waals surface area contributed by atoms with Crippen LogP contribution in [-0.2, 0) is 7.05 Å². The molecule has 0 saturated heterocycles. The van der Waals surface area contributed by atoms with E-state index in [2.05, 4.69) is 10.1 Å². The van der Waals surface area contributed by atoms with E-state index in [-0.39, 0.29) is 16.9 Å². The third-order valence-corrected chi connectivity index (χ3v) is 5.60. The molecule has 0 aliphatic carbocycles. The first-order valence-electron chi connectivity index (χ1n) is 9.93. The minimum absolute atomic E-state index is 0.189. The maximum Gasteiger partial charge on any atom is 0.267 e. The number of pyridine rings is 1. The smallest absolute Gasteiger partial charge is 0.267 e. The summed E-state index contributed by atoms with van der Waals surface area (Å²) in [5, 5.41) is 4.95. The van der Waals surface area contributed by atoms with E-state index >= 15 is 0 Å². The van der Waals surface area contributed by atoms with Crippen molar-refractivity contribution in [3.63, 3.8) is 0 Å². The van der Waals surface area contributed by atoms with Gasteiger partial charge in [0.05, 0.1) is 22.2 Å². The lowest BCUT2D eigenvalue weighted by Gasteiger charge is -2.21. The molecule has 4 aromatic rings. The zero-order valence-electron chi connectivity index (χ0n) is 16.8. The molecule has 0 unspecified atom stereocenters. The Morgan fingerprint density at radius 1 is 0.969 bits per heavy atom. The van der Waals surface area contributed by atoms with Gasteiger partial charge >= 0.3 is 0 Å². The summed E-state index contributed by atoms with van der Waals surface area (Å²) in [7, 11) is 1.70. The molecule has 0 fully saturated rings. The number of imide groups is 1. The fraction of sp³-hybridized carbons (Fsp3) is 0.130. The summed E-state index contributed by atoms with van der Waals surface area (Å²) in [6.45, 7) is 0.829. The summed E-state index contributed by atoms with van der Waals surface area (Å²) < 4.78 is 26.1. The van der Waals surface area contributed by atoms with Crippen LogP contribution in [0.15, 0.2) is 48.7 Å². The molecule has 0 atom stereocenters. The topological polar surface area (TPSA) is 86.6 Å². The normalized spacial score (nSPS) is 14.9. The molecule has 2 amide bonds. The van der Waals surface area contributed by atoms with Gasteiger partial charge in [0.2, 0.25) is 0 Å². The van der Waals surface area contributed by atoms with Crippen molar-refractivity contribution in [2.75, 3.05) is 18.1 Å². The first-order chi connectivity index (χ1) is 15.5. The molecule has 8 nitrogen and oxygen atoms in total. The Labute approximate surface area is 180 Å². The van der Waals surface area contributed by atoms with Crippen molar-refractivity contribution in [3.05, 3.63) is 65.6 Å². The average molecular weight is 430 g/mol. The number of carbonyl (C=O) groups excluding carboxylic acids is 2. The Kier molecular flexibility index (Phi) is 3.82. The van der Waals surface area contributed by atoms with E-state index in [0.717, 1.165) is 4.90 Å². The molecule has 2 aromatic carbocycles. The quantitative estimate of drug-likeness (QED) is 0.454. The molecule has 2 aromatic heterocycles. The highest BCUT2D eigenvalue weighted by atomic mass is 19.1. The molecule has 4 heterocycles. The first-order valence-corrected chi connectivity index (χ1v) is 9.93. The van der Waals surface area contributed by atoms with Crippen molar-refractivity contribution < 1.29 is 23.5 Å². The van der Waals surface area contributed by atoms with Gasteiger partial charge in [-0.1, -0.05) is 0 Å². The number of carbonyl (C=O) groups is 2. The van der Waals surface area contributed by atoms with Gasteiger partial charge in [-0.2, -0.15) is 5.10 Å². The number of aromatic nitrogens is 3. The molecule has 0 bridgehead atoms. The Hall–Kier alpha value is -4.27. The van der Waals surface area contributed by atoms with Crippen molar-refractivity contribution in [2.24, 2.45) is 7.05 Å². The van der Waals surface area contributed by atoms with Crippen LogP contribution in [0.5, 0.6) is 11.5 Å². The van der Waals surface area contributed by atoms with Gasteiger partial charge in [0.15, 0.2) is 17.1 Å². The third-order valence-electron chi connectivity index (χ3n) is 5.60. The van der Waals surface area contributed by atoms with E-state index in [0.29, 0.717) is 52.7 Å². The van der Waals surface area contributed by atoms with Gasteiger partial charge in [-0.15, -0.1) is 0 Å². The van der Waals surface area contributed by atoms with Crippen molar-refractivity contribution in [3.8, 4) is 22.8 Å². The summed E-state index contributed by atoms with van der Waals surface area (Å²) in [6, 6.07) is 10.7. The zero-order valence-corrected chi connectivity index (χ0v) is 16.8. The lowest BCUT2D eigenvalue weighted by molar-refractivity contribution is 0.0926. The Morgan fingerprint density at radius 2 is 1.72 bits per heavy atom. The Balaban J connectivity index is 1.53. The Morgan fingerprint density at radius 3 is 2.50 bits per heavy atom. The van der Waals surface area contributed by atoms with Crippen LogP contribution in [0.25, 0.3) is 22.3 Å². The molecule has 32 heavy (non-hydrogen) atoms. The van der Waals surface area contributed by atoms with Crippen LogP contribution >= 0.6 is 0 Å². The zero-order chi connectivity index (χ0) is 22.0. The molecule has 2 aliphatic rings. The van der Waals surface area contributed by atoms with E-state index in [9.17, 15) is 14.0 Å². The van der Waals surface area contributed by atoms with E-state index in [1.54, 1.807) is 42.1 Å². The van der Waals surface area contributed by atoms with Gasteiger partial charge in [-0.25, -0.2) is 19.0 Å². The highest BCUT2D eigenvalue weighted by Crippen LogP contribution is 2.40. The molecule has 9 heteroatoms. The third kappa shape index (κ3) is 2.54. The van der Waals surface area contributed by atoms with Gasteiger partial charge < -0.3 is 9.47 Å². The van der Waals surface area contributed by atoms with Gasteiger partial charge in [0, 0.05) is 24.9 Å². The van der Waals surface area contributed by atoms with E-state index in [1.165, 1.54) is 18.3 Å². The van der Waals surface area contributed by atoms with E-state index < -0.39 is 11.8 Å². The monoisotopic (exact) mass is 430 g/mol. The first kappa shape index (κ1) is 18.5. The number of nitrogens with zero attached hydrogens (tertiary/aromatic N) is 4. The van der Waals surface area contributed by atoms with Gasteiger partial charge in [0.1, 0.15) is 24.7 Å². The maximum atomic E-state index is 13.5. The second kappa shape index (κ2) is 6.61. The number of rotatable bonds is 2. The highest BCUT2D eigenvalue weighted by molar-refractivity contribution is 6.38. The fourth-order valence-electron chi connectivity index (χ4n) is 4.14. The van der Waals surface area contributed by atoms with Crippen LogP contribution in [0.2, 0.25) is 0 Å². The molecule has 0 spiro atoms. The molecule has 0 N–H and O–H groups in total. The van der Waals surface area contributed by atoms with E-state index in [4.69, 9.17) is 9.47 Å². The minimum Gasteiger partial charge on any atom is -0.486 e. The predicted octanol–water partition coefficient (Wildman–Crippen LogP) is 3.35. The number of fused-ring (bicyclic) bond motifs is 4. The predicted molar refractivity (Wildman–Crippen MR) is 112 cm³/mol. The number of halogens is 1. The second-order valence-electron chi connectivity index (χ2n) is 7.50. The van der Waals surface area contributed by atoms with E-state index in [1.807, 2.05) is 0 Å². The van der Waals surface area contributed by atoms with Crippen LogP contribution in [-0.4, -0.2) is 39.8 Å². The molecule has 6 rings (SSSR count). The SMILES string of the molecule is Cn1nc(-c2ccc(F)cc2)c2c3c(cnc21)C(=O)N(c1ccc2c(c1)OCCO2)C3=O. The van der Waals surface area contributed by atoms with Gasteiger partial charge in [-0.3, -0.25) is 9.59 Å². The average Bonchev–Trinajstić information content (AvgIpc) is 3.27. The standard InChI is InChI=1S/C23H15FN4O4/c1-27-21-19(20(26-27)12-2-4-13(24)5-3-12)18-15(11-25-21)22(29)28(23(18)30)14-6-7-16-17(10-14)32-9-8-31-16/h2-7,10-11H,8-9H2,1H3. The van der Waals surface area contributed by atoms with Crippen LogP contribution in [0.3, 0.4) is 0 Å². The lowest BCUT2D eigenvalue weighted by atomic mass is 10.0. The minimum atomic E-state index is -0.481. The number of benzene rings is 2. The van der Waals surface area contributed by atoms with Crippen molar-refractivity contribution in [1.82, 2.24) is 14.8 Å². The molecular formula is C23H15FN4O4. The molecule has 158 valence electrons. The number of ether oxygens (including phenoxy) is 2. The number of hydrogen-bond acceptors (Lipinski definition) is 6. The van der Waals surface area contributed by atoms with Crippen molar-refractivity contribution in [1.29, 1.82) is 0 Å². The molecule has 0 saturated carbocycles. The maximum absolute atomic E-state index is 13.5. The van der Waals surface area contributed by atoms with Crippen LogP contribution < -0.4 is 14.4 Å². The molecule has 0 radical (unpaired) electrons. The number of aryl methyl sites for hydroxylation is 1. The number of hydrogen-bond donors (Lipinski definition) is 0. The highest BCUT2D eigenvalue weighted by Gasteiger charge is 2.40. The van der Waals surface area contributed by atoms with Crippen LogP contribution in [0.1, 0.15) is 20.7 Å². The summed E-state index contributed by atoms with van der Waals surface area (Å²) in [5.41, 5.74) is 2.31. The number of anilines is 1. The van der Waals surface area contributed by atoms with Crippen LogP contribution in [0.4, 0.5) is 10.1 Å². The lowest BCUT2D eigenvalue weighted by Crippen LogP contribution is -2.29. The largest absolute Gasteiger partial charge is 0.486 e. The number of amides is 2. The van der Waals surface area contributed by atoms with Crippen molar-refractivity contribution in [2.45, 2.75) is 0 Å². The Bertz CT molecular complexity index is 1440.